The molecule has 150 valence electrons. The first kappa shape index (κ1) is 20.8. The summed E-state index contributed by atoms with van der Waals surface area (Å²) in [5, 5.41) is 3.54. The van der Waals surface area contributed by atoms with Crippen molar-refractivity contribution in [1.29, 1.82) is 0 Å². The summed E-state index contributed by atoms with van der Waals surface area (Å²) in [5.74, 6) is -0.831. The minimum atomic E-state index is -3.49. The van der Waals surface area contributed by atoms with E-state index in [2.05, 4.69) is 5.32 Å². The van der Waals surface area contributed by atoms with E-state index in [9.17, 15) is 17.6 Å². The molecule has 1 fully saturated rings. The van der Waals surface area contributed by atoms with Gasteiger partial charge >= 0.3 is 0 Å². The fraction of sp³-hybridized carbons (Fsp3) is 0.350. The fourth-order valence-electron chi connectivity index (χ4n) is 3.21. The van der Waals surface area contributed by atoms with Crippen molar-refractivity contribution in [2.24, 2.45) is 5.92 Å². The van der Waals surface area contributed by atoms with Gasteiger partial charge in [0.2, 0.25) is 15.9 Å². The molecule has 28 heavy (non-hydrogen) atoms. The van der Waals surface area contributed by atoms with E-state index >= 15 is 0 Å². The second-order valence-electron chi connectivity index (χ2n) is 6.90. The van der Waals surface area contributed by atoms with Crippen LogP contribution in [0.2, 0.25) is 5.02 Å². The Bertz CT molecular complexity index is 909. The zero-order valence-corrected chi connectivity index (χ0v) is 16.8. The van der Waals surface area contributed by atoms with Crippen LogP contribution >= 0.6 is 11.6 Å². The lowest BCUT2D eigenvalue weighted by Crippen LogP contribution is -2.43. The summed E-state index contributed by atoms with van der Waals surface area (Å²) in [7, 11) is -3.49. The Morgan fingerprint density at radius 2 is 1.61 bits per heavy atom. The molecule has 1 amide bonds. The van der Waals surface area contributed by atoms with Gasteiger partial charge in [0, 0.05) is 30.6 Å². The minimum Gasteiger partial charge on any atom is -0.352 e. The topological polar surface area (TPSA) is 66.5 Å². The van der Waals surface area contributed by atoms with E-state index in [0.29, 0.717) is 43.1 Å². The Kier molecular flexibility index (Phi) is 6.69. The number of nitrogens with zero attached hydrogens (tertiary/aromatic N) is 1. The van der Waals surface area contributed by atoms with Crippen LogP contribution in [0, 0.1) is 11.7 Å². The van der Waals surface area contributed by atoms with Gasteiger partial charge in [-0.3, -0.25) is 4.79 Å². The van der Waals surface area contributed by atoms with Crippen LogP contribution in [-0.4, -0.2) is 31.7 Å². The fourth-order valence-corrected chi connectivity index (χ4v) is 4.90. The van der Waals surface area contributed by atoms with Gasteiger partial charge in [-0.05, 0) is 48.2 Å². The molecule has 3 rings (SSSR count). The highest BCUT2D eigenvalue weighted by Gasteiger charge is 2.31. The summed E-state index contributed by atoms with van der Waals surface area (Å²) in [6, 6.07) is 12.7. The third kappa shape index (κ3) is 5.53. The van der Waals surface area contributed by atoms with Gasteiger partial charge in [-0.15, -0.1) is 0 Å². The number of carbonyl (C=O) groups excluding carboxylic acids is 1. The third-order valence-corrected chi connectivity index (χ3v) is 6.96. The van der Waals surface area contributed by atoms with Crippen molar-refractivity contribution in [3.05, 3.63) is 70.5 Å². The molecular weight excluding hydrogens is 403 g/mol. The molecule has 0 aromatic heterocycles. The van der Waals surface area contributed by atoms with Crippen LogP contribution in [0.4, 0.5) is 4.39 Å². The first-order valence-corrected chi connectivity index (χ1v) is 11.1. The Labute approximate surface area is 169 Å². The molecule has 0 spiro atoms. The number of piperidine rings is 1. The van der Waals surface area contributed by atoms with E-state index in [0.717, 1.165) is 5.56 Å². The Morgan fingerprint density at radius 3 is 2.21 bits per heavy atom. The normalized spacial score (nSPS) is 16.1. The first-order valence-electron chi connectivity index (χ1n) is 9.08. The largest absolute Gasteiger partial charge is 0.352 e. The predicted molar refractivity (Wildman–Crippen MR) is 107 cm³/mol. The number of sulfonamides is 1. The number of hydrogen-bond acceptors (Lipinski definition) is 3. The maximum Gasteiger partial charge on any atom is 0.223 e. The summed E-state index contributed by atoms with van der Waals surface area (Å²) in [4.78, 5) is 12.4. The van der Waals surface area contributed by atoms with Gasteiger partial charge in [0.1, 0.15) is 5.82 Å². The number of hydrogen-bond donors (Lipinski definition) is 1. The van der Waals surface area contributed by atoms with Crippen LogP contribution in [0.5, 0.6) is 0 Å². The Hall–Kier alpha value is -1.96. The molecule has 0 bridgehead atoms. The molecule has 1 saturated heterocycles. The Balaban J connectivity index is 1.49. The summed E-state index contributed by atoms with van der Waals surface area (Å²) in [6.45, 7) is 1.03. The lowest BCUT2D eigenvalue weighted by atomic mass is 9.97. The predicted octanol–water partition coefficient (Wildman–Crippen LogP) is 3.34. The number of halogens is 2. The molecule has 1 heterocycles. The summed E-state index contributed by atoms with van der Waals surface area (Å²) < 4.78 is 39.5. The molecule has 1 N–H and O–H groups in total. The van der Waals surface area contributed by atoms with E-state index in [1.165, 1.54) is 28.6 Å². The number of rotatable bonds is 6. The van der Waals surface area contributed by atoms with Crippen LogP contribution in [-0.2, 0) is 27.1 Å². The smallest absolute Gasteiger partial charge is 0.223 e. The second kappa shape index (κ2) is 9.03. The van der Waals surface area contributed by atoms with E-state index in [1.807, 2.05) is 12.1 Å². The van der Waals surface area contributed by atoms with Crippen molar-refractivity contribution >= 4 is 27.5 Å². The van der Waals surface area contributed by atoms with Crippen LogP contribution < -0.4 is 5.32 Å². The number of benzene rings is 2. The molecule has 0 radical (unpaired) electrons. The highest BCUT2D eigenvalue weighted by molar-refractivity contribution is 7.88. The molecule has 5 nitrogen and oxygen atoms in total. The number of nitrogens with one attached hydrogen (secondary N) is 1. The summed E-state index contributed by atoms with van der Waals surface area (Å²) in [5.41, 5.74) is 1.50. The molecule has 1 aliphatic heterocycles. The van der Waals surface area contributed by atoms with Crippen LogP contribution in [0.3, 0.4) is 0 Å². The summed E-state index contributed by atoms with van der Waals surface area (Å²) >= 11 is 5.85. The maximum absolute atomic E-state index is 13.0. The molecule has 0 aliphatic carbocycles. The average molecular weight is 425 g/mol. The van der Waals surface area contributed by atoms with Crippen molar-refractivity contribution < 1.29 is 17.6 Å². The van der Waals surface area contributed by atoms with Gasteiger partial charge in [0.15, 0.2) is 0 Å². The Morgan fingerprint density at radius 1 is 1.04 bits per heavy atom. The van der Waals surface area contributed by atoms with Gasteiger partial charge in [-0.2, -0.15) is 0 Å². The van der Waals surface area contributed by atoms with Gasteiger partial charge in [0.05, 0.1) is 5.75 Å². The molecule has 0 unspecified atom stereocenters. The van der Waals surface area contributed by atoms with Crippen LogP contribution in [0.15, 0.2) is 48.5 Å². The highest BCUT2D eigenvalue weighted by Crippen LogP contribution is 2.22. The molecule has 8 heteroatoms. The van der Waals surface area contributed by atoms with Crippen LogP contribution in [0.1, 0.15) is 24.0 Å². The quantitative estimate of drug-likeness (QED) is 0.773. The van der Waals surface area contributed by atoms with Gasteiger partial charge < -0.3 is 5.32 Å². The average Bonchev–Trinajstić information content (AvgIpc) is 2.69. The molecule has 1 aliphatic rings. The van der Waals surface area contributed by atoms with Gasteiger partial charge in [-0.1, -0.05) is 35.9 Å². The van der Waals surface area contributed by atoms with Gasteiger partial charge in [-0.25, -0.2) is 17.1 Å². The minimum absolute atomic E-state index is 0.0643. The zero-order chi connectivity index (χ0) is 20.1. The van der Waals surface area contributed by atoms with E-state index in [1.54, 1.807) is 12.1 Å². The van der Waals surface area contributed by atoms with Crippen molar-refractivity contribution in [3.8, 4) is 0 Å². The first-order chi connectivity index (χ1) is 13.3. The third-order valence-electron chi connectivity index (χ3n) is 4.86. The standard InChI is InChI=1S/C20H22ClFN2O3S/c21-18-5-1-15(2-6-18)13-23-20(25)17-9-11-24(12-10-17)28(26,27)14-16-3-7-19(22)8-4-16/h1-8,17H,9-14H2,(H,23,25). The number of amides is 1. The number of carbonyl (C=O) groups is 1. The van der Waals surface area contributed by atoms with Crippen molar-refractivity contribution in [2.45, 2.75) is 25.1 Å². The van der Waals surface area contributed by atoms with Crippen LogP contribution in [0.25, 0.3) is 0 Å². The zero-order valence-electron chi connectivity index (χ0n) is 15.3. The lowest BCUT2D eigenvalue weighted by Gasteiger charge is -2.30. The molecule has 0 atom stereocenters. The highest BCUT2D eigenvalue weighted by atomic mass is 35.5. The van der Waals surface area contributed by atoms with E-state index in [4.69, 9.17) is 11.6 Å². The lowest BCUT2D eigenvalue weighted by molar-refractivity contribution is -0.126. The van der Waals surface area contributed by atoms with Crippen molar-refractivity contribution in [1.82, 2.24) is 9.62 Å². The maximum atomic E-state index is 13.0. The van der Waals surface area contributed by atoms with E-state index < -0.39 is 15.8 Å². The SMILES string of the molecule is O=C(NCc1ccc(Cl)cc1)C1CCN(S(=O)(=O)Cc2ccc(F)cc2)CC1. The van der Waals surface area contributed by atoms with Crippen molar-refractivity contribution in [2.75, 3.05) is 13.1 Å². The monoisotopic (exact) mass is 424 g/mol. The van der Waals surface area contributed by atoms with Gasteiger partial charge in [0.25, 0.3) is 0 Å². The molecular formula is C20H22ClFN2O3S. The summed E-state index contributed by atoms with van der Waals surface area (Å²) in [6.07, 6.45) is 0.962. The molecule has 2 aromatic rings. The van der Waals surface area contributed by atoms with E-state index in [-0.39, 0.29) is 17.6 Å². The molecule has 2 aromatic carbocycles. The van der Waals surface area contributed by atoms with Crippen molar-refractivity contribution in [3.63, 3.8) is 0 Å². The molecule has 0 saturated carbocycles. The second-order valence-corrected chi connectivity index (χ2v) is 9.31.